The van der Waals surface area contributed by atoms with Crippen molar-refractivity contribution in [2.75, 3.05) is 12.3 Å². The Hall–Kier alpha value is -0.930. The van der Waals surface area contributed by atoms with Crippen molar-refractivity contribution in [3.63, 3.8) is 0 Å². The largest absolute Gasteiger partial charge is 0.300 e. The van der Waals surface area contributed by atoms with Crippen molar-refractivity contribution in [3.8, 4) is 6.07 Å². The number of sulfonamides is 1. The molecule has 1 saturated heterocycles. The van der Waals surface area contributed by atoms with Crippen LogP contribution in [0.2, 0.25) is 0 Å². The molecule has 1 rings (SSSR count). The van der Waals surface area contributed by atoms with Crippen LogP contribution in [-0.2, 0) is 14.8 Å². The number of hydrogen-bond acceptors (Lipinski definition) is 4. The molecule has 15 heavy (non-hydrogen) atoms. The molecule has 0 saturated carbocycles. The SMILES string of the molecule is CC(=O)CC1CCCN1S(=O)(=O)CC#N. The first-order valence-electron chi connectivity index (χ1n) is 4.83. The number of nitriles is 1. The number of nitrogens with zero attached hydrogens (tertiary/aromatic N) is 2. The molecule has 1 aliphatic rings. The second-order valence-corrected chi connectivity index (χ2v) is 5.65. The highest BCUT2D eigenvalue weighted by molar-refractivity contribution is 7.89. The molecule has 0 aromatic rings. The van der Waals surface area contributed by atoms with Crippen LogP contribution in [0.4, 0.5) is 0 Å². The van der Waals surface area contributed by atoms with E-state index in [0.29, 0.717) is 13.0 Å². The molecule has 0 amide bonds. The van der Waals surface area contributed by atoms with E-state index in [2.05, 4.69) is 0 Å². The summed E-state index contributed by atoms with van der Waals surface area (Å²) >= 11 is 0. The summed E-state index contributed by atoms with van der Waals surface area (Å²) in [6.45, 7) is 1.88. The van der Waals surface area contributed by atoms with Gasteiger partial charge in [-0.15, -0.1) is 0 Å². The van der Waals surface area contributed by atoms with Gasteiger partial charge in [-0.25, -0.2) is 8.42 Å². The third-order valence-corrected chi connectivity index (χ3v) is 4.14. The standard InChI is InChI=1S/C9H14N2O3S/c1-8(12)7-9-3-2-5-11(9)15(13,14)6-4-10/h9H,2-3,5-7H2,1H3. The molecular formula is C9H14N2O3S. The highest BCUT2D eigenvalue weighted by Crippen LogP contribution is 2.23. The second kappa shape index (κ2) is 4.73. The summed E-state index contributed by atoms with van der Waals surface area (Å²) in [7, 11) is -3.48. The van der Waals surface area contributed by atoms with Gasteiger partial charge in [0.15, 0.2) is 5.75 Å². The number of carbonyl (C=O) groups excluding carboxylic acids is 1. The average molecular weight is 230 g/mol. The van der Waals surface area contributed by atoms with Crippen molar-refractivity contribution in [2.45, 2.75) is 32.2 Å². The van der Waals surface area contributed by atoms with Crippen LogP contribution in [0, 0.1) is 11.3 Å². The number of hydrogen-bond donors (Lipinski definition) is 0. The van der Waals surface area contributed by atoms with Gasteiger partial charge in [0.05, 0.1) is 6.07 Å². The molecule has 1 heterocycles. The minimum Gasteiger partial charge on any atom is -0.300 e. The third-order valence-electron chi connectivity index (χ3n) is 2.45. The molecule has 0 radical (unpaired) electrons. The quantitative estimate of drug-likeness (QED) is 0.695. The van der Waals surface area contributed by atoms with Gasteiger partial charge in [0.1, 0.15) is 5.78 Å². The maximum atomic E-state index is 11.6. The molecular weight excluding hydrogens is 216 g/mol. The molecule has 5 nitrogen and oxygen atoms in total. The molecule has 6 heteroatoms. The maximum Gasteiger partial charge on any atom is 0.227 e. The van der Waals surface area contributed by atoms with Crippen molar-refractivity contribution in [1.29, 1.82) is 5.26 Å². The average Bonchev–Trinajstić information content (AvgIpc) is 2.51. The number of carbonyl (C=O) groups is 1. The molecule has 1 aliphatic heterocycles. The van der Waals surface area contributed by atoms with Crippen molar-refractivity contribution < 1.29 is 13.2 Å². The monoisotopic (exact) mass is 230 g/mol. The van der Waals surface area contributed by atoms with Crippen LogP contribution in [0.15, 0.2) is 0 Å². The van der Waals surface area contributed by atoms with Crippen LogP contribution in [-0.4, -0.2) is 36.8 Å². The number of rotatable bonds is 4. The van der Waals surface area contributed by atoms with Gasteiger partial charge in [0.25, 0.3) is 0 Å². The fourth-order valence-corrected chi connectivity index (χ4v) is 3.25. The smallest absolute Gasteiger partial charge is 0.227 e. The zero-order chi connectivity index (χ0) is 11.5. The van der Waals surface area contributed by atoms with E-state index in [1.807, 2.05) is 0 Å². The first-order valence-corrected chi connectivity index (χ1v) is 6.44. The highest BCUT2D eigenvalue weighted by atomic mass is 32.2. The summed E-state index contributed by atoms with van der Waals surface area (Å²) in [6.07, 6.45) is 1.73. The normalized spacial score (nSPS) is 22.5. The first kappa shape index (κ1) is 12.1. The van der Waals surface area contributed by atoms with E-state index in [9.17, 15) is 13.2 Å². The van der Waals surface area contributed by atoms with Crippen LogP contribution in [0.1, 0.15) is 26.2 Å². The highest BCUT2D eigenvalue weighted by Gasteiger charge is 2.34. The summed E-state index contributed by atoms with van der Waals surface area (Å²) < 4.78 is 24.5. The fraction of sp³-hybridized carbons (Fsp3) is 0.778. The van der Waals surface area contributed by atoms with Gasteiger partial charge in [0.2, 0.25) is 10.0 Å². The number of ketones is 1. The zero-order valence-electron chi connectivity index (χ0n) is 8.64. The molecule has 0 bridgehead atoms. The van der Waals surface area contributed by atoms with Gasteiger partial charge < -0.3 is 0 Å². The minimum absolute atomic E-state index is 0.0148. The van der Waals surface area contributed by atoms with Crippen LogP contribution in [0.5, 0.6) is 0 Å². The number of Topliss-reactive ketones (excluding diaryl/α,β-unsaturated/α-hetero) is 1. The molecule has 0 N–H and O–H groups in total. The third kappa shape index (κ3) is 3.01. The van der Waals surface area contributed by atoms with Crippen molar-refractivity contribution >= 4 is 15.8 Å². The van der Waals surface area contributed by atoms with Crippen LogP contribution < -0.4 is 0 Å². The van der Waals surface area contributed by atoms with E-state index < -0.39 is 15.8 Å². The maximum absolute atomic E-state index is 11.6. The van der Waals surface area contributed by atoms with Crippen molar-refractivity contribution in [1.82, 2.24) is 4.31 Å². The Morgan fingerprint density at radius 3 is 2.80 bits per heavy atom. The zero-order valence-corrected chi connectivity index (χ0v) is 9.46. The van der Waals surface area contributed by atoms with Gasteiger partial charge in [-0.05, 0) is 19.8 Å². The Morgan fingerprint density at radius 1 is 1.60 bits per heavy atom. The lowest BCUT2D eigenvalue weighted by Crippen LogP contribution is -2.37. The molecule has 1 fully saturated rings. The first-order chi connectivity index (χ1) is 6.97. The lowest BCUT2D eigenvalue weighted by molar-refractivity contribution is -0.117. The van der Waals surface area contributed by atoms with E-state index in [4.69, 9.17) is 5.26 Å². The molecule has 84 valence electrons. The molecule has 0 spiro atoms. The van der Waals surface area contributed by atoms with Gasteiger partial charge in [-0.3, -0.25) is 4.79 Å². The van der Waals surface area contributed by atoms with Crippen molar-refractivity contribution in [3.05, 3.63) is 0 Å². The van der Waals surface area contributed by atoms with E-state index in [1.54, 1.807) is 6.07 Å². The Bertz CT molecular complexity index is 383. The van der Waals surface area contributed by atoms with Crippen LogP contribution >= 0.6 is 0 Å². The van der Waals surface area contributed by atoms with Gasteiger partial charge in [-0.1, -0.05) is 0 Å². The summed E-state index contributed by atoms with van der Waals surface area (Å²) in [5.41, 5.74) is 0. The Labute approximate surface area is 89.7 Å². The summed E-state index contributed by atoms with van der Waals surface area (Å²) in [5, 5.41) is 8.41. The van der Waals surface area contributed by atoms with E-state index >= 15 is 0 Å². The molecule has 1 atom stereocenters. The molecule has 0 aromatic heterocycles. The van der Waals surface area contributed by atoms with Gasteiger partial charge in [0, 0.05) is 19.0 Å². The topological polar surface area (TPSA) is 78.2 Å². The van der Waals surface area contributed by atoms with E-state index in [0.717, 1.165) is 6.42 Å². The van der Waals surface area contributed by atoms with Gasteiger partial charge >= 0.3 is 0 Å². The summed E-state index contributed by atoms with van der Waals surface area (Å²) in [4.78, 5) is 10.9. The summed E-state index contributed by atoms with van der Waals surface area (Å²) in [5.74, 6) is -0.513. The predicted molar refractivity (Wildman–Crippen MR) is 54.4 cm³/mol. The lowest BCUT2D eigenvalue weighted by atomic mass is 10.1. The predicted octanol–water partition coefficient (Wildman–Crippen LogP) is 0.283. The molecule has 0 aromatic carbocycles. The van der Waals surface area contributed by atoms with Crippen molar-refractivity contribution in [2.24, 2.45) is 0 Å². The summed E-state index contributed by atoms with van der Waals surface area (Å²) in [6, 6.07) is 1.41. The Morgan fingerprint density at radius 2 is 2.27 bits per heavy atom. The fourth-order valence-electron chi connectivity index (χ4n) is 1.88. The Kier molecular flexibility index (Phi) is 3.83. The molecule has 0 aliphatic carbocycles. The van der Waals surface area contributed by atoms with Crippen LogP contribution in [0.25, 0.3) is 0 Å². The van der Waals surface area contributed by atoms with E-state index in [-0.39, 0.29) is 18.2 Å². The Balaban J connectivity index is 2.77. The molecule has 1 unspecified atom stereocenters. The van der Waals surface area contributed by atoms with E-state index in [1.165, 1.54) is 11.2 Å². The lowest BCUT2D eigenvalue weighted by Gasteiger charge is -2.21. The minimum atomic E-state index is -3.48. The van der Waals surface area contributed by atoms with Gasteiger partial charge in [-0.2, -0.15) is 9.57 Å². The van der Waals surface area contributed by atoms with Crippen LogP contribution in [0.3, 0.4) is 0 Å². The second-order valence-electron chi connectivity index (χ2n) is 3.73.